The van der Waals surface area contributed by atoms with Crippen LogP contribution in [0.1, 0.15) is 0 Å². The molecular weight excluding hydrogens is 576 g/mol. The van der Waals surface area contributed by atoms with Crippen LogP contribution in [0.4, 0.5) is 0 Å². The molecule has 4 aromatic heterocycles. The van der Waals surface area contributed by atoms with E-state index in [1.54, 1.807) is 0 Å². The first-order valence-electron chi connectivity index (χ1n) is 15.8. The summed E-state index contributed by atoms with van der Waals surface area (Å²) in [5, 5.41) is 4.62. The lowest BCUT2D eigenvalue weighted by Crippen LogP contribution is -2.01. The number of fused-ring (bicyclic) bond motifs is 7. The van der Waals surface area contributed by atoms with Crippen molar-refractivity contribution in [2.75, 3.05) is 0 Å². The number of imidazole rings is 1. The van der Waals surface area contributed by atoms with Gasteiger partial charge in [0.2, 0.25) is 0 Å². The van der Waals surface area contributed by atoms with E-state index >= 15 is 0 Å². The van der Waals surface area contributed by atoms with Crippen molar-refractivity contribution in [2.45, 2.75) is 0 Å². The van der Waals surface area contributed by atoms with Gasteiger partial charge >= 0.3 is 0 Å². The fourth-order valence-electron chi connectivity index (χ4n) is 7.01. The number of pyridine rings is 1. The molecule has 0 aliphatic carbocycles. The van der Waals surface area contributed by atoms with Crippen molar-refractivity contribution in [3.63, 3.8) is 0 Å². The summed E-state index contributed by atoms with van der Waals surface area (Å²) in [6, 6.07) is 54.7. The average Bonchev–Trinajstić information content (AvgIpc) is 3.81. The second kappa shape index (κ2) is 10.0. The molecular formula is C42H26N4O. The number of hydrogen-bond donors (Lipinski definition) is 0. The van der Waals surface area contributed by atoms with Crippen LogP contribution < -0.4 is 0 Å². The van der Waals surface area contributed by atoms with Gasteiger partial charge in [0.25, 0.3) is 0 Å². The van der Waals surface area contributed by atoms with Crippen molar-refractivity contribution < 1.29 is 4.42 Å². The minimum Gasteiger partial charge on any atom is -0.456 e. The Hall–Kier alpha value is -6.46. The van der Waals surface area contributed by atoms with Crippen molar-refractivity contribution in [2.24, 2.45) is 0 Å². The quantitative estimate of drug-likeness (QED) is 0.201. The summed E-state index contributed by atoms with van der Waals surface area (Å²) >= 11 is 0. The Balaban J connectivity index is 1.13. The van der Waals surface area contributed by atoms with Gasteiger partial charge in [-0.1, -0.05) is 84.9 Å². The Morgan fingerprint density at radius 1 is 0.426 bits per heavy atom. The minimum absolute atomic E-state index is 0.820. The number of aromatic nitrogens is 4. The molecule has 10 aromatic rings. The molecule has 0 bridgehead atoms. The molecule has 4 heterocycles. The molecule has 0 saturated heterocycles. The second-order valence-corrected chi connectivity index (χ2v) is 11.9. The third kappa shape index (κ3) is 3.97. The molecule has 6 aromatic carbocycles. The van der Waals surface area contributed by atoms with E-state index in [4.69, 9.17) is 14.4 Å². The maximum Gasteiger partial charge on any atom is 0.146 e. The first kappa shape index (κ1) is 25.8. The molecule has 0 aliphatic rings. The van der Waals surface area contributed by atoms with Crippen molar-refractivity contribution in [1.29, 1.82) is 0 Å². The summed E-state index contributed by atoms with van der Waals surface area (Å²) in [6.45, 7) is 0. The molecule has 0 saturated carbocycles. The van der Waals surface area contributed by atoms with Gasteiger partial charge in [-0.2, -0.15) is 0 Å². The van der Waals surface area contributed by atoms with Gasteiger partial charge in [-0.05, 0) is 72.8 Å². The molecule has 220 valence electrons. The van der Waals surface area contributed by atoms with Gasteiger partial charge in [-0.3, -0.25) is 4.57 Å². The molecule has 5 nitrogen and oxygen atoms in total. The van der Waals surface area contributed by atoms with E-state index in [0.717, 1.165) is 67.1 Å². The van der Waals surface area contributed by atoms with Crippen LogP contribution in [0.25, 0.3) is 88.9 Å². The van der Waals surface area contributed by atoms with Crippen LogP contribution in [-0.4, -0.2) is 19.1 Å². The Bertz CT molecular complexity index is 2750. The highest BCUT2D eigenvalue weighted by molar-refractivity contribution is 6.11. The molecule has 0 spiro atoms. The Morgan fingerprint density at radius 2 is 1.09 bits per heavy atom. The summed E-state index contributed by atoms with van der Waals surface area (Å²) < 4.78 is 10.8. The SMILES string of the molecule is c1ccc(-c2nc3ccccc3n2-c2cccc(-c3ccc4oc5ccc(-n6c7ccccc7c7ccccc76)cc5c4c3)n2)cc1. The molecule has 47 heavy (non-hydrogen) atoms. The number of furan rings is 1. The summed E-state index contributed by atoms with van der Waals surface area (Å²) in [5.41, 5.74) is 10.1. The summed E-state index contributed by atoms with van der Waals surface area (Å²) in [5.74, 6) is 1.69. The lowest BCUT2D eigenvalue weighted by atomic mass is 10.1. The smallest absolute Gasteiger partial charge is 0.146 e. The number of hydrogen-bond acceptors (Lipinski definition) is 3. The van der Waals surface area contributed by atoms with Crippen LogP contribution in [0, 0.1) is 0 Å². The third-order valence-corrected chi connectivity index (χ3v) is 9.14. The van der Waals surface area contributed by atoms with Crippen molar-refractivity contribution in [3.05, 3.63) is 158 Å². The largest absolute Gasteiger partial charge is 0.456 e. The van der Waals surface area contributed by atoms with E-state index in [1.165, 1.54) is 21.8 Å². The van der Waals surface area contributed by atoms with Crippen molar-refractivity contribution in [1.82, 2.24) is 19.1 Å². The lowest BCUT2D eigenvalue weighted by molar-refractivity contribution is 0.669. The maximum absolute atomic E-state index is 6.34. The molecule has 0 aliphatic heterocycles. The van der Waals surface area contributed by atoms with E-state index in [0.29, 0.717) is 0 Å². The monoisotopic (exact) mass is 602 g/mol. The van der Waals surface area contributed by atoms with Gasteiger partial charge in [0.15, 0.2) is 0 Å². The molecule has 10 rings (SSSR count). The lowest BCUT2D eigenvalue weighted by Gasteiger charge is -2.11. The predicted octanol–water partition coefficient (Wildman–Crippen LogP) is 10.8. The third-order valence-electron chi connectivity index (χ3n) is 9.14. The number of para-hydroxylation sites is 4. The van der Waals surface area contributed by atoms with E-state index in [-0.39, 0.29) is 0 Å². The van der Waals surface area contributed by atoms with Crippen LogP contribution in [0.5, 0.6) is 0 Å². The Morgan fingerprint density at radius 3 is 1.87 bits per heavy atom. The van der Waals surface area contributed by atoms with E-state index < -0.39 is 0 Å². The molecule has 0 atom stereocenters. The van der Waals surface area contributed by atoms with Crippen molar-refractivity contribution in [3.8, 4) is 34.2 Å². The predicted molar refractivity (Wildman–Crippen MR) is 191 cm³/mol. The van der Waals surface area contributed by atoms with E-state index in [9.17, 15) is 0 Å². The van der Waals surface area contributed by atoms with Gasteiger partial charge in [0, 0.05) is 38.4 Å². The number of nitrogens with zero attached hydrogens (tertiary/aromatic N) is 4. The van der Waals surface area contributed by atoms with Gasteiger partial charge < -0.3 is 8.98 Å². The minimum atomic E-state index is 0.820. The first-order chi connectivity index (χ1) is 23.3. The van der Waals surface area contributed by atoms with E-state index in [2.05, 4.69) is 124 Å². The number of benzene rings is 6. The highest BCUT2D eigenvalue weighted by atomic mass is 16.3. The zero-order chi connectivity index (χ0) is 30.9. The van der Waals surface area contributed by atoms with Crippen LogP contribution in [0.15, 0.2) is 162 Å². The van der Waals surface area contributed by atoms with Crippen LogP contribution in [0.3, 0.4) is 0 Å². The number of rotatable bonds is 4. The maximum atomic E-state index is 6.34. The fraction of sp³-hybridized carbons (Fsp3) is 0. The highest BCUT2D eigenvalue weighted by Crippen LogP contribution is 2.37. The first-order valence-corrected chi connectivity index (χ1v) is 15.8. The zero-order valence-corrected chi connectivity index (χ0v) is 25.2. The molecule has 0 radical (unpaired) electrons. The van der Waals surface area contributed by atoms with Crippen LogP contribution in [0.2, 0.25) is 0 Å². The Labute approximate surface area is 269 Å². The summed E-state index contributed by atoms with van der Waals surface area (Å²) in [6.07, 6.45) is 0. The van der Waals surface area contributed by atoms with Gasteiger partial charge in [0.05, 0.1) is 27.8 Å². The van der Waals surface area contributed by atoms with Crippen LogP contribution >= 0.6 is 0 Å². The average molecular weight is 603 g/mol. The van der Waals surface area contributed by atoms with Gasteiger partial charge in [0.1, 0.15) is 22.8 Å². The molecule has 0 amide bonds. The Kier molecular flexibility index (Phi) is 5.51. The van der Waals surface area contributed by atoms with Crippen LogP contribution in [-0.2, 0) is 0 Å². The van der Waals surface area contributed by atoms with Gasteiger partial charge in [-0.25, -0.2) is 9.97 Å². The highest BCUT2D eigenvalue weighted by Gasteiger charge is 2.17. The summed E-state index contributed by atoms with van der Waals surface area (Å²) in [4.78, 5) is 10.2. The van der Waals surface area contributed by atoms with E-state index in [1.807, 2.05) is 42.5 Å². The zero-order valence-electron chi connectivity index (χ0n) is 25.2. The normalized spacial score (nSPS) is 11.8. The van der Waals surface area contributed by atoms with Gasteiger partial charge in [-0.15, -0.1) is 0 Å². The molecule has 0 fully saturated rings. The second-order valence-electron chi connectivity index (χ2n) is 11.9. The topological polar surface area (TPSA) is 48.8 Å². The molecule has 0 unspecified atom stereocenters. The summed E-state index contributed by atoms with van der Waals surface area (Å²) in [7, 11) is 0. The molecule has 5 heteroatoms. The standard InChI is InChI=1S/C42H26N4O/c1-2-11-27(12-3-1)42-44-35-15-6-9-19-38(35)46(42)41-20-10-16-34(43-41)28-21-23-39-32(25-28)33-26-29(22-24-40(33)47-39)45-36-17-7-4-13-30(36)31-14-5-8-18-37(31)45/h1-26H. The molecule has 0 N–H and O–H groups in total. The fourth-order valence-corrected chi connectivity index (χ4v) is 7.01. The van der Waals surface area contributed by atoms with Crippen molar-refractivity contribution >= 4 is 54.8 Å².